The smallest absolute Gasteiger partial charge is 0.325 e. The maximum Gasteiger partial charge on any atom is 0.325 e. The van der Waals surface area contributed by atoms with Gasteiger partial charge in [-0.05, 0) is 6.07 Å². The lowest BCUT2D eigenvalue weighted by molar-refractivity contribution is -0.385. The first kappa shape index (κ1) is 14.6. The van der Waals surface area contributed by atoms with E-state index in [1.54, 1.807) is 0 Å². The molecule has 0 aliphatic heterocycles. The van der Waals surface area contributed by atoms with E-state index >= 15 is 0 Å². The zero-order chi connectivity index (χ0) is 14.6. The molecule has 0 saturated carbocycles. The third kappa shape index (κ3) is 3.47. The zero-order valence-corrected chi connectivity index (χ0v) is 10.3. The number of halogens is 1. The molecule has 0 bridgehead atoms. The molecule has 0 fully saturated rings. The molecule has 0 atom stereocenters. The highest BCUT2D eigenvalue weighted by Crippen LogP contribution is 2.17. The number of nitro benzene ring substituents is 1. The molecule has 102 valence electrons. The molecule has 0 radical (unpaired) electrons. The number of carbonyl (C=O) groups excluding carboxylic acids is 2. The Morgan fingerprint density at radius 1 is 1.47 bits per heavy atom. The summed E-state index contributed by atoms with van der Waals surface area (Å²) < 4.78 is 17.9. The molecule has 0 heterocycles. The van der Waals surface area contributed by atoms with Crippen molar-refractivity contribution in [2.75, 3.05) is 20.7 Å². The van der Waals surface area contributed by atoms with Crippen LogP contribution in [0.15, 0.2) is 18.2 Å². The van der Waals surface area contributed by atoms with Gasteiger partial charge in [0.1, 0.15) is 12.4 Å². The van der Waals surface area contributed by atoms with Gasteiger partial charge in [0.25, 0.3) is 11.6 Å². The fraction of sp³-hybridized carbons (Fsp3) is 0.273. The van der Waals surface area contributed by atoms with E-state index in [-0.39, 0.29) is 12.1 Å². The lowest BCUT2D eigenvalue weighted by atomic mass is 10.1. The molecule has 19 heavy (non-hydrogen) atoms. The van der Waals surface area contributed by atoms with Crippen LogP contribution in [-0.2, 0) is 9.53 Å². The highest BCUT2D eigenvalue weighted by Gasteiger charge is 2.20. The molecule has 0 spiro atoms. The summed E-state index contributed by atoms with van der Waals surface area (Å²) in [6.45, 7) is -0.342. The SMILES string of the molecule is COC(=O)CN(C)C(=O)c1ccc([N+](=O)[O-])cc1F. The van der Waals surface area contributed by atoms with Crippen LogP contribution in [0.1, 0.15) is 10.4 Å². The first-order valence-corrected chi connectivity index (χ1v) is 5.13. The highest BCUT2D eigenvalue weighted by molar-refractivity contribution is 5.96. The second kappa shape index (κ2) is 5.89. The second-order valence-electron chi connectivity index (χ2n) is 3.66. The average molecular weight is 270 g/mol. The number of carbonyl (C=O) groups is 2. The molecule has 0 saturated heterocycles. The molecule has 8 heteroatoms. The molecule has 1 aromatic carbocycles. The van der Waals surface area contributed by atoms with Gasteiger partial charge in [0.2, 0.25) is 0 Å². The zero-order valence-electron chi connectivity index (χ0n) is 10.3. The van der Waals surface area contributed by atoms with E-state index in [1.165, 1.54) is 7.05 Å². The van der Waals surface area contributed by atoms with Crippen molar-refractivity contribution in [3.8, 4) is 0 Å². The Balaban J connectivity index is 2.94. The van der Waals surface area contributed by atoms with Gasteiger partial charge in [-0.15, -0.1) is 0 Å². The molecule has 0 aliphatic rings. The molecular formula is C11H11FN2O5. The average Bonchev–Trinajstić information content (AvgIpc) is 2.37. The maximum absolute atomic E-state index is 13.6. The Morgan fingerprint density at radius 2 is 2.11 bits per heavy atom. The Bertz CT molecular complexity index is 532. The first-order valence-electron chi connectivity index (χ1n) is 5.13. The lowest BCUT2D eigenvalue weighted by Gasteiger charge is -2.15. The molecule has 7 nitrogen and oxygen atoms in total. The van der Waals surface area contributed by atoms with Crippen LogP contribution in [0.3, 0.4) is 0 Å². The van der Waals surface area contributed by atoms with Crippen LogP contribution in [0.4, 0.5) is 10.1 Å². The quantitative estimate of drug-likeness (QED) is 0.462. The first-order chi connectivity index (χ1) is 8.86. The Hall–Kier alpha value is -2.51. The minimum Gasteiger partial charge on any atom is -0.468 e. The molecule has 1 rings (SSSR count). The molecule has 0 unspecified atom stereocenters. The van der Waals surface area contributed by atoms with Gasteiger partial charge in [-0.2, -0.15) is 0 Å². The number of benzene rings is 1. The van der Waals surface area contributed by atoms with E-state index < -0.39 is 28.3 Å². The summed E-state index contributed by atoms with van der Waals surface area (Å²) in [6, 6.07) is 2.67. The third-order valence-corrected chi connectivity index (χ3v) is 2.33. The van der Waals surface area contributed by atoms with Gasteiger partial charge in [0.15, 0.2) is 0 Å². The summed E-state index contributed by atoms with van der Waals surface area (Å²) in [5, 5.41) is 10.4. The number of nitrogens with zero attached hydrogens (tertiary/aromatic N) is 2. The highest BCUT2D eigenvalue weighted by atomic mass is 19.1. The standard InChI is InChI=1S/C11H11FN2O5/c1-13(6-10(15)19-2)11(16)8-4-3-7(14(17)18)5-9(8)12/h3-5H,6H2,1-2H3. The van der Waals surface area contributed by atoms with E-state index in [0.717, 1.165) is 24.1 Å². The van der Waals surface area contributed by atoms with Crippen molar-refractivity contribution in [1.82, 2.24) is 4.90 Å². The van der Waals surface area contributed by atoms with Crippen LogP contribution in [0.25, 0.3) is 0 Å². The van der Waals surface area contributed by atoms with Crippen molar-refractivity contribution in [3.05, 3.63) is 39.7 Å². The molecule has 0 N–H and O–H groups in total. The largest absolute Gasteiger partial charge is 0.468 e. The topological polar surface area (TPSA) is 89.8 Å². The van der Waals surface area contributed by atoms with Gasteiger partial charge in [-0.3, -0.25) is 19.7 Å². The van der Waals surface area contributed by atoms with E-state index in [2.05, 4.69) is 4.74 Å². The number of rotatable bonds is 4. The van der Waals surface area contributed by atoms with Crippen molar-refractivity contribution in [2.24, 2.45) is 0 Å². The summed E-state index contributed by atoms with van der Waals surface area (Å²) in [5.41, 5.74) is -0.804. The van der Waals surface area contributed by atoms with Crippen LogP contribution < -0.4 is 0 Å². The van der Waals surface area contributed by atoms with Crippen LogP contribution in [0.2, 0.25) is 0 Å². The normalized spacial score (nSPS) is 9.84. The predicted octanol–water partition coefficient (Wildman–Crippen LogP) is 0.979. The Labute approximate surface area is 107 Å². The van der Waals surface area contributed by atoms with Crippen molar-refractivity contribution in [3.63, 3.8) is 0 Å². The van der Waals surface area contributed by atoms with Crippen molar-refractivity contribution in [2.45, 2.75) is 0 Å². The van der Waals surface area contributed by atoms with Crippen molar-refractivity contribution < 1.29 is 23.6 Å². The van der Waals surface area contributed by atoms with E-state index in [9.17, 15) is 24.1 Å². The van der Waals surface area contributed by atoms with E-state index in [1.807, 2.05) is 0 Å². The maximum atomic E-state index is 13.6. The molecule has 1 aromatic rings. The Morgan fingerprint density at radius 3 is 2.58 bits per heavy atom. The number of likely N-dealkylation sites (N-methyl/N-ethyl adjacent to an activating group) is 1. The summed E-state index contributed by atoms with van der Waals surface area (Å²) in [6.07, 6.45) is 0. The third-order valence-electron chi connectivity index (χ3n) is 2.33. The van der Waals surface area contributed by atoms with Crippen molar-refractivity contribution >= 4 is 17.6 Å². The van der Waals surface area contributed by atoms with Crippen molar-refractivity contribution in [1.29, 1.82) is 0 Å². The fourth-order valence-corrected chi connectivity index (χ4v) is 1.33. The number of nitro groups is 1. The number of ether oxygens (including phenoxy) is 1. The van der Waals surface area contributed by atoms with Crippen LogP contribution >= 0.6 is 0 Å². The van der Waals surface area contributed by atoms with Gasteiger partial charge in [0.05, 0.1) is 23.7 Å². The number of hydrogen-bond acceptors (Lipinski definition) is 5. The van der Waals surface area contributed by atoms with Gasteiger partial charge in [-0.1, -0.05) is 0 Å². The van der Waals surface area contributed by atoms with Gasteiger partial charge >= 0.3 is 5.97 Å². The Kier molecular flexibility index (Phi) is 4.51. The van der Waals surface area contributed by atoms with Gasteiger partial charge < -0.3 is 9.64 Å². The predicted molar refractivity (Wildman–Crippen MR) is 62.0 cm³/mol. The molecule has 0 aromatic heterocycles. The molecule has 0 aliphatic carbocycles. The number of hydrogen-bond donors (Lipinski definition) is 0. The summed E-state index contributed by atoms with van der Waals surface area (Å²) >= 11 is 0. The van der Waals surface area contributed by atoms with Crippen LogP contribution in [0.5, 0.6) is 0 Å². The number of amides is 1. The van der Waals surface area contributed by atoms with E-state index in [4.69, 9.17) is 0 Å². The van der Waals surface area contributed by atoms with Crippen LogP contribution in [-0.4, -0.2) is 42.4 Å². The minimum absolute atomic E-state index is 0.342. The number of non-ortho nitro benzene ring substituents is 1. The molecular weight excluding hydrogens is 259 g/mol. The summed E-state index contributed by atoms with van der Waals surface area (Å²) in [7, 11) is 2.45. The fourth-order valence-electron chi connectivity index (χ4n) is 1.33. The number of methoxy groups -OCH3 is 1. The van der Waals surface area contributed by atoms with Gasteiger partial charge in [0, 0.05) is 13.1 Å². The van der Waals surface area contributed by atoms with E-state index in [0.29, 0.717) is 6.07 Å². The lowest BCUT2D eigenvalue weighted by Crippen LogP contribution is -2.33. The second-order valence-corrected chi connectivity index (χ2v) is 3.66. The van der Waals surface area contributed by atoms with Crippen LogP contribution in [0, 0.1) is 15.9 Å². The summed E-state index contributed by atoms with van der Waals surface area (Å²) in [5.74, 6) is -2.44. The number of esters is 1. The minimum atomic E-state index is -1.02. The molecule has 1 amide bonds. The monoisotopic (exact) mass is 270 g/mol. The van der Waals surface area contributed by atoms with Gasteiger partial charge in [-0.25, -0.2) is 4.39 Å². The summed E-state index contributed by atoms with van der Waals surface area (Å²) in [4.78, 5) is 33.4.